The summed E-state index contributed by atoms with van der Waals surface area (Å²) < 4.78 is 27.1. The number of hydrogen-bond donors (Lipinski definition) is 3. The molecule has 1 heterocycles. The molecule has 3 rings (SSSR count). The lowest BCUT2D eigenvalue weighted by molar-refractivity contribution is 0.00569. The van der Waals surface area contributed by atoms with E-state index in [1.807, 2.05) is 0 Å². The molecule has 3 nitrogen and oxygen atoms in total. The van der Waals surface area contributed by atoms with E-state index in [1.54, 1.807) is 6.07 Å². The minimum absolute atomic E-state index is 0.0843. The third-order valence-corrected chi connectivity index (χ3v) is 4.44. The number of nitrogens with one attached hydrogen (secondary N) is 1. The van der Waals surface area contributed by atoms with Gasteiger partial charge in [0.2, 0.25) is 0 Å². The Kier molecular flexibility index (Phi) is 4.43. The lowest BCUT2D eigenvalue weighted by Crippen LogP contribution is -2.39. The van der Waals surface area contributed by atoms with Crippen LogP contribution in [0.2, 0.25) is 0 Å². The van der Waals surface area contributed by atoms with Crippen LogP contribution in [0.5, 0.6) is 0 Å². The fourth-order valence-electron chi connectivity index (χ4n) is 3.00. The molecule has 0 radical (unpaired) electrons. The lowest BCUT2D eigenvalue weighted by Gasteiger charge is -2.33. The minimum Gasteiger partial charge on any atom is -0.385 e. The van der Waals surface area contributed by atoms with Gasteiger partial charge in [-0.25, -0.2) is 8.78 Å². The highest BCUT2D eigenvalue weighted by molar-refractivity contribution is 5.36. The summed E-state index contributed by atoms with van der Waals surface area (Å²) in [5.74, 6) is -0.970. The van der Waals surface area contributed by atoms with E-state index in [2.05, 4.69) is 5.32 Å². The summed E-state index contributed by atoms with van der Waals surface area (Å²) in [5, 5.41) is 24.3. The van der Waals surface area contributed by atoms with Crippen LogP contribution in [0.15, 0.2) is 42.5 Å². The average Bonchev–Trinajstić information content (AvgIpc) is 2.56. The first kappa shape index (κ1) is 16.1. The molecular weight excluding hydrogens is 300 g/mol. The second-order valence-electron chi connectivity index (χ2n) is 5.97. The van der Waals surface area contributed by atoms with Crippen molar-refractivity contribution < 1.29 is 19.0 Å². The van der Waals surface area contributed by atoms with Gasteiger partial charge in [0.15, 0.2) is 0 Å². The molecule has 1 aliphatic heterocycles. The summed E-state index contributed by atoms with van der Waals surface area (Å²) >= 11 is 0. The fraction of sp³-hybridized carbons (Fsp3) is 0.333. The van der Waals surface area contributed by atoms with Crippen molar-refractivity contribution >= 4 is 0 Å². The quantitative estimate of drug-likeness (QED) is 0.815. The van der Waals surface area contributed by atoms with Crippen LogP contribution in [-0.2, 0) is 5.60 Å². The Hall–Kier alpha value is -1.82. The molecule has 0 aromatic heterocycles. The van der Waals surface area contributed by atoms with Crippen molar-refractivity contribution in [2.24, 2.45) is 0 Å². The molecule has 23 heavy (non-hydrogen) atoms. The van der Waals surface area contributed by atoms with Crippen molar-refractivity contribution in [1.29, 1.82) is 0 Å². The van der Waals surface area contributed by atoms with E-state index in [-0.39, 0.29) is 5.56 Å². The number of aliphatic hydroxyl groups is 2. The highest BCUT2D eigenvalue weighted by Crippen LogP contribution is 2.34. The van der Waals surface area contributed by atoms with Gasteiger partial charge in [0, 0.05) is 5.56 Å². The molecule has 0 saturated carbocycles. The SMILES string of the molecule is OC(c1ccc(F)cc1)c1cc(C2(O)CCNCC2)ccc1F. The summed E-state index contributed by atoms with van der Waals surface area (Å²) in [4.78, 5) is 0. The molecule has 1 atom stereocenters. The highest BCUT2D eigenvalue weighted by atomic mass is 19.1. The predicted molar refractivity (Wildman–Crippen MR) is 82.9 cm³/mol. The summed E-state index contributed by atoms with van der Waals surface area (Å²) in [7, 11) is 0. The molecule has 2 aromatic carbocycles. The maximum Gasteiger partial charge on any atom is 0.129 e. The van der Waals surface area contributed by atoms with E-state index < -0.39 is 23.3 Å². The molecule has 0 bridgehead atoms. The van der Waals surface area contributed by atoms with E-state index in [0.29, 0.717) is 37.1 Å². The van der Waals surface area contributed by atoms with Crippen molar-refractivity contribution in [3.63, 3.8) is 0 Å². The van der Waals surface area contributed by atoms with Crippen LogP contribution >= 0.6 is 0 Å². The normalized spacial score (nSPS) is 18.6. The Balaban J connectivity index is 1.95. The van der Waals surface area contributed by atoms with Crippen LogP contribution < -0.4 is 5.32 Å². The van der Waals surface area contributed by atoms with Crippen molar-refractivity contribution in [3.8, 4) is 0 Å². The number of rotatable bonds is 3. The van der Waals surface area contributed by atoms with Crippen LogP contribution in [0.4, 0.5) is 8.78 Å². The zero-order chi connectivity index (χ0) is 16.4. The molecule has 0 aliphatic carbocycles. The van der Waals surface area contributed by atoms with Crippen LogP contribution in [0.3, 0.4) is 0 Å². The van der Waals surface area contributed by atoms with E-state index in [4.69, 9.17) is 0 Å². The Morgan fingerprint density at radius 1 is 1.00 bits per heavy atom. The number of aliphatic hydroxyl groups excluding tert-OH is 1. The Morgan fingerprint density at radius 3 is 2.30 bits per heavy atom. The van der Waals surface area contributed by atoms with Gasteiger partial charge < -0.3 is 15.5 Å². The third kappa shape index (κ3) is 3.27. The van der Waals surface area contributed by atoms with Crippen molar-refractivity contribution in [3.05, 3.63) is 70.8 Å². The smallest absolute Gasteiger partial charge is 0.129 e. The van der Waals surface area contributed by atoms with E-state index in [1.165, 1.54) is 36.4 Å². The summed E-state index contributed by atoms with van der Waals surface area (Å²) in [6, 6.07) is 9.62. The van der Waals surface area contributed by atoms with Crippen molar-refractivity contribution in [1.82, 2.24) is 5.32 Å². The topological polar surface area (TPSA) is 52.5 Å². The second kappa shape index (κ2) is 6.35. The molecule has 0 amide bonds. The molecule has 1 saturated heterocycles. The number of hydrogen-bond acceptors (Lipinski definition) is 3. The first-order chi connectivity index (χ1) is 11.0. The summed E-state index contributed by atoms with van der Waals surface area (Å²) in [5.41, 5.74) is 0.0633. The van der Waals surface area contributed by atoms with E-state index in [9.17, 15) is 19.0 Å². The summed E-state index contributed by atoms with van der Waals surface area (Å²) in [6.07, 6.45) is -0.143. The van der Waals surface area contributed by atoms with Gasteiger partial charge in [-0.3, -0.25) is 0 Å². The van der Waals surface area contributed by atoms with Crippen molar-refractivity contribution in [2.45, 2.75) is 24.5 Å². The summed E-state index contributed by atoms with van der Waals surface area (Å²) in [6.45, 7) is 1.37. The first-order valence-electron chi connectivity index (χ1n) is 7.66. The molecule has 2 aromatic rings. The zero-order valence-electron chi connectivity index (χ0n) is 12.6. The van der Waals surface area contributed by atoms with Gasteiger partial charge in [-0.1, -0.05) is 18.2 Å². The maximum atomic E-state index is 14.1. The standard InChI is InChI=1S/C18H19F2NO2/c19-14-4-1-12(2-5-14)17(22)15-11-13(3-6-16(15)20)18(23)7-9-21-10-8-18/h1-6,11,17,21-23H,7-10H2. The van der Waals surface area contributed by atoms with Gasteiger partial charge in [-0.2, -0.15) is 0 Å². The van der Waals surface area contributed by atoms with Gasteiger partial charge in [0.25, 0.3) is 0 Å². The molecule has 1 aliphatic rings. The van der Waals surface area contributed by atoms with Crippen LogP contribution in [0.1, 0.15) is 35.6 Å². The zero-order valence-corrected chi connectivity index (χ0v) is 12.6. The molecule has 3 N–H and O–H groups in total. The molecule has 122 valence electrons. The van der Waals surface area contributed by atoms with Gasteiger partial charge in [-0.15, -0.1) is 0 Å². The van der Waals surface area contributed by atoms with E-state index >= 15 is 0 Å². The third-order valence-electron chi connectivity index (χ3n) is 4.44. The Morgan fingerprint density at radius 2 is 1.65 bits per heavy atom. The number of piperidine rings is 1. The van der Waals surface area contributed by atoms with Gasteiger partial charge in [0.1, 0.15) is 17.7 Å². The number of benzene rings is 2. The predicted octanol–water partition coefficient (Wildman–Crippen LogP) is 2.62. The van der Waals surface area contributed by atoms with E-state index in [0.717, 1.165) is 0 Å². The largest absolute Gasteiger partial charge is 0.385 e. The monoisotopic (exact) mass is 319 g/mol. The Labute approximate surface area is 133 Å². The maximum absolute atomic E-state index is 14.1. The van der Waals surface area contributed by atoms with Gasteiger partial charge in [-0.05, 0) is 61.3 Å². The van der Waals surface area contributed by atoms with Gasteiger partial charge >= 0.3 is 0 Å². The van der Waals surface area contributed by atoms with Crippen LogP contribution in [-0.4, -0.2) is 23.3 Å². The molecule has 1 fully saturated rings. The Bertz CT molecular complexity index is 682. The highest BCUT2D eigenvalue weighted by Gasteiger charge is 2.32. The molecule has 1 unspecified atom stereocenters. The van der Waals surface area contributed by atoms with Crippen LogP contribution in [0.25, 0.3) is 0 Å². The fourth-order valence-corrected chi connectivity index (χ4v) is 3.00. The molecule has 5 heteroatoms. The first-order valence-corrected chi connectivity index (χ1v) is 7.66. The average molecular weight is 319 g/mol. The lowest BCUT2D eigenvalue weighted by atomic mass is 9.83. The number of halogens is 2. The van der Waals surface area contributed by atoms with Gasteiger partial charge in [0.05, 0.1) is 5.60 Å². The molecular formula is C18H19F2NO2. The molecule has 0 spiro atoms. The van der Waals surface area contributed by atoms with Crippen LogP contribution in [0, 0.1) is 11.6 Å². The minimum atomic E-state index is -1.21. The van der Waals surface area contributed by atoms with Crippen molar-refractivity contribution in [2.75, 3.05) is 13.1 Å². The second-order valence-corrected chi connectivity index (χ2v) is 5.97.